The van der Waals surface area contributed by atoms with E-state index in [4.69, 9.17) is 0 Å². The second kappa shape index (κ2) is 13.6. The van der Waals surface area contributed by atoms with Crippen LogP contribution >= 0.6 is 0 Å². The van der Waals surface area contributed by atoms with Gasteiger partial charge >= 0.3 is 51.4 Å². The van der Waals surface area contributed by atoms with E-state index in [-0.39, 0.29) is 70.4 Å². The van der Waals surface area contributed by atoms with Crippen LogP contribution < -0.4 is 61.8 Å². The van der Waals surface area contributed by atoms with Crippen LogP contribution in [0.1, 0.15) is 45.4 Å². The van der Waals surface area contributed by atoms with Crippen LogP contribution in [0.15, 0.2) is 0 Å². The van der Waals surface area contributed by atoms with E-state index < -0.39 is 21.2 Å². The van der Waals surface area contributed by atoms with Gasteiger partial charge in [-0.2, -0.15) is 0 Å². The Balaban J connectivity index is 0. The quantitative estimate of drug-likeness (QED) is 0.312. The number of nitrogens with one attached hydrogen (secondary N) is 1. The van der Waals surface area contributed by atoms with E-state index in [0.29, 0.717) is 19.3 Å². The number of rotatable bonds is 12. The van der Waals surface area contributed by atoms with Gasteiger partial charge in [-0.05, 0) is 19.4 Å². The number of aliphatic carboxylic acids is 1. The molecule has 114 valence electrons. The van der Waals surface area contributed by atoms with Crippen molar-refractivity contribution in [3.8, 4) is 0 Å². The Morgan fingerprint density at radius 1 is 1.15 bits per heavy atom. The third kappa shape index (κ3) is 10.6. The van der Waals surface area contributed by atoms with E-state index in [1.165, 1.54) is 0 Å². The molecule has 0 aliphatic carbocycles. The number of carboxylic acids is 1. The number of carbonyl (C=O) groups excluding carboxylic acids is 1. The van der Waals surface area contributed by atoms with Gasteiger partial charge in [-0.1, -0.05) is 32.6 Å². The Morgan fingerprint density at radius 3 is 2.10 bits per heavy atom. The maximum atomic E-state index is 11.8. The standard InChI is InChI=1S/C12H24FNO4S.K/c1-2-14-11(12(15)16)19(17,18)10-8-6-4-3-5-7-9-13;/h11,14H,2-10H2,1H3,(H,15,16);/q;+1/p-1. The van der Waals surface area contributed by atoms with Crippen LogP contribution in [0, 0.1) is 0 Å². The summed E-state index contributed by atoms with van der Waals surface area (Å²) >= 11 is 0. The number of halogens is 1. The number of carbonyl (C=O) groups is 1. The molecule has 0 aliphatic rings. The summed E-state index contributed by atoms with van der Waals surface area (Å²) in [7, 11) is -3.71. The predicted molar refractivity (Wildman–Crippen MR) is 69.9 cm³/mol. The first kappa shape index (κ1) is 23.2. The van der Waals surface area contributed by atoms with Crippen LogP contribution in [0.4, 0.5) is 4.39 Å². The van der Waals surface area contributed by atoms with Gasteiger partial charge in [0, 0.05) is 0 Å². The van der Waals surface area contributed by atoms with Crippen LogP contribution in [-0.4, -0.2) is 38.7 Å². The topological polar surface area (TPSA) is 86.3 Å². The largest absolute Gasteiger partial charge is 1.00 e. The molecule has 0 radical (unpaired) electrons. The van der Waals surface area contributed by atoms with Crippen LogP contribution in [0.25, 0.3) is 0 Å². The van der Waals surface area contributed by atoms with E-state index in [0.717, 1.165) is 19.3 Å². The molecule has 0 bridgehead atoms. The van der Waals surface area contributed by atoms with Crippen molar-refractivity contribution in [2.75, 3.05) is 19.0 Å². The first-order valence-corrected chi connectivity index (χ1v) is 8.39. The first-order valence-electron chi connectivity index (χ1n) is 6.67. The third-order valence-electron chi connectivity index (χ3n) is 2.78. The van der Waals surface area contributed by atoms with Gasteiger partial charge in [0.05, 0.1) is 18.4 Å². The Hall–Kier alpha value is 0.946. The summed E-state index contributed by atoms with van der Waals surface area (Å²) in [6, 6.07) is 0. The third-order valence-corrected chi connectivity index (χ3v) is 4.71. The van der Waals surface area contributed by atoms with Gasteiger partial charge in [0.15, 0.2) is 15.2 Å². The molecule has 1 N–H and O–H groups in total. The smallest absolute Gasteiger partial charge is 0.547 e. The van der Waals surface area contributed by atoms with Crippen molar-refractivity contribution in [3.05, 3.63) is 0 Å². The minimum atomic E-state index is -3.71. The number of likely N-dealkylation sites (N-methyl/N-ethyl adjacent to an activating group) is 1. The Kier molecular flexibility index (Phi) is 15.8. The van der Waals surface area contributed by atoms with Gasteiger partial charge < -0.3 is 9.90 Å². The Bertz CT molecular complexity index is 351. The van der Waals surface area contributed by atoms with Gasteiger partial charge in [-0.3, -0.25) is 9.71 Å². The van der Waals surface area contributed by atoms with Gasteiger partial charge in [0.1, 0.15) is 0 Å². The number of unbranched alkanes of at least 4 members (excludes halogenated alkanes) is 5. The second-order valence-electron chi connectivity index (χ2n) is 4.43. The fourth-order valence-electron chi connectivity index (χ4n) is 1.77. The Labute approximate surface area is 163 Å². The molecule has 0 aromatic heterocycles. The van der Waals surface area contributed by atoms with Crippen molar-refractivity contribution in [2.45, 2.75) is 50.8 Å². The zero-order chi connectivity index (χ0) is 14.7. The summed E-state index contributed by atoms with van der Waals surface area (Å²) in [6.45, 7) is 1.57. The van der Waals surface area contributed by atoms with E-state index in [1.807, 2.05) is 0 Å². The average molecular weight is 335 g/mol. The van der Waals surface area contributed by atoms with Gasteiger partial charge in [-0.25, -0.2) is 8.42 Å². The fourth-order valence-corrected chi connectivity index (χ4v) is 3.32. The molecule has 0 amide bonds. The summed E-state index contributed by atoms with van der Waals surface area (Å²) < 4.78 is 35.3. The molecule has 0 aliphatic heterocycles. The van der Waals surface area contributed by atoms with Gasteiger partial charge in [0.25, 0.3) is 0 Å². The average Bonchev–Trinajstić information content (AvgIpc) is 2.34. The van der Waals surface area contributed by atoms with Crippen molar-refractivity contribution < 1.29 is 74.1 Å². The molecule has 5 nitrogen and oxygen atoms in total. The molecule has 8 heteroatoms. The zero-order valence-corrected chi connectivity index (χ0v) is 16.3. The molecular weight excluding hydrogens is 312 g/mol. The van der Waals surface area contributed by atoms with Gasteiger partial charge in [0.2, 0.25) is 0 Å². The first-order chi connectivity index (χ1) is 8.95. The van der Waals surface area contributed by atoms with E-state index in [9.17, 15) is 22.7 Å². The van der Waals surface area contributed by atoms with Crippen LogP contribution in [0.2, 0.25) is 0 Å². The van der Waals surface area contributed by atoms with E-state index >= 15 is 0 Å². The molecule has 0 rings (SSSR count). The SMILES string of the molecule is CCNC(C(=O)[O-])S(=O)(=O)CCCCCCCCF.[K+]. The molecule has 20 heavy (non-hydrogen) atoms. The molecule has 0 saturated heterocycles. The molecule has 0 spiro atoms. The summed E-state index contributed by atoms with van der Waals surface area (Å²) in [6.07, 6.45) is 4.20. The van der Waals surface area contributed by atoms with Crippen molar-refractivity contribution in [1.29, 1.82) is 0 Å². The number of hydrogen-bond acceptors (Lipinski definition) is 5. The van der Waals surface area contributed by atoms with Crippen molar-refractivity contribution in [3.63, 3.8) is 0 Å². The molecule has 0 fully saturated rings. The minimum absolute atomic E-state index is 0. The summed E-state index contributed by atoms with van der Waals surface area (Å²) in [4.78, 5) is 10.8. The fraction of sp³-hybridized carbons (Fsp3) is 0.917. The van der Waals surface area contributed by atoms with E-state index in [2.05, 4.69) is 5.32 Å². The summed E-state index contributed by atoms with van der Waals surface area (Å²) in [5.41, 5.74) is 0. The molecule has 0 saturated carbocycles. The van der Waals surface area contributed by atoms with Crippen LogP contribution in [0.5, 0.6) is 0 Å². The summed E-state index contributed by atoms with van der Waals surface area (Å²) in [5, 5.41) is 11.5. The van der Waals surface area contributed by atoms with Crippen molar-refractivity contribution in [1.82, 2.24) is 5.32 Å². The van der Waals surface area contributed by atoms with Crippen LogP contribution in [0.3, 0.4) is 0 Å². The number of carboxylic acid groups (broad SMARTS) is 1. The van der Waals surface area contributed by atoms with Crippen LogP contribution in [-0.2, 0) is 14.6 Å². The monoisotopic (exact) mass is 335 g/mol. The molecule has 0 aromatic carbocycles. The zero-order valence-electron chi connectivity index (χ0n) is 12.4. The number of sulfone groups is 1. The molecule has 1 unspecified atom stereocenters. The maximum Gasteiger partial charge on any atom is 1.00 e. The van der Waals surface area contributed by atoms with Crippen molar-refractivity contribution >= 4 is 15.8 Å². The normalized spacial score (nSPS) is 12.7. The maximum absolute atomic E-state index is 11.8. The molecule has 1 atom stereocenters. The summed E-state index contributed by atoms with van der Waals surface area (Å²) in [5.74, 6) is -1.77. The molecule has 0 heterocycles. The Morgan fingerprint density at radius 2 is 1.65 bits per heavy atom. The molecule has 0 aromatic rings. The minimum Gasteiger partial charge on any atom is -0.547 e. The predicted octanol–water partition coefficient (Wildman–Crippen LogP) is -2.60. The second-order valence-corrected chi connectivity index (χ2v) is 6.64. The van der Waals surface area contributed by atoms with E-state index in [1.54, 1.807) is 6.92 Å². The van der Waals surface area contributed by atoms with Crippen molar-refractivity contribution in [2.24, 2.45) is 0 Å². The van der Waals surface area contributed by atoms with Gasteiger partial charge in [-0.15, -0.1) is 0 Å². The number of alkyl halides is 1. The molecular formula is C12H23FKNO4S. The number of hydrogen-bond donors (Lipinski definition) is 1.